The number of rotatable bonds is 25. The van der Waals surface area contributed by atoms with E-state index in [4.69, 9.17) is 66.3 Å². The molecule has 4 aliphatic rings. The molecule has 8 aromatic rings. The van der Waals surface area contributed by atoms with Gasteiger partial charge in [-0.25, -0.2) is 27.2 Å². The average Bonchev–Trinajstić information content (AvgIpc) is 0.751. The molecule has 0 aromatic heterocycles. The van der Waals surface area contributed by atoms with Gasteiger partial charge in [-0.2, -0.15) is 0 Å². The molecule has 135 heavy (non-hydrogen) atoms. The van der Waals surface area contributed by atoms with Crippen molar-refractivity contribution in [2.24, 2.45) is 0 Å². The minimum atomic E-state index is -1.18. The molecule has 0 amide bonds. The van der Waals surface area contributed by atoms with Gasteiger partial charge >= 0.3 is 24.2 Å². The fraction of sp³-hybridized carbons (Fsp3) is 0.413. The maximum atomic E-state index is 14.4. The molecule has 0 bridgehead atoms. The van der Waals surface area contributed by atoms with Crippen molar-refractivity contribution in [3.05, 3.63) is 259 Å². The third-order valence-corrected chi connectivity index (χ3v) is 22.4. The average molecular weight is 1860 g/mol. The predicted molar refractivity (Wildman–Crippen MR) is 506 cm³/mol. The SMILES string of the molecule is CCCC(=O)OC1=C(c2cc(Oc3ccc(C)cc3F)ccc2CC)C(=O)C(C)(C)OC1(C)C.CCCOC(=O)OC1=C(c2cc(Oc3ccc(C)cc3F)ccc2CC)C(=O)C(C)(C)OC1(C)C.CCOC(=O)OC1=C(c2cc(Oc3ccc(C)cc3F)ccc2CC)C(=O)C(C)(C)OC1(C)C.CCc1ccc(Oc2ccc(C)cc2F)cc1C1=C(OC(C)=O)C(C)(C)OC(C)(C)C1=O. The smallest absolute Gasteiger partial charge is 0.454 e. The molecule has 8 aromatic carbocycles. The number of aryl methyl sites for hydroxylation is 8. The Morgan fingerprint density at radius 1 is 0.304 bits per heavy atom. The van der Waals surface area contributed by atoms with Crippen LogP contribution in [0.15, 0.2) is 169 Å². The fourth-order valence-electron chi connectivity index (χ4n) is 16.4. The quantitative estimate of drug-likeness (QED) is 0.0292. The van der Waals surface area contributed by atoms with E-state index in [1.165, 1.54) is 31.2 Å². The van der Waals surface area contributed by atoms with Gasteiger partial charge in [0, 0.05) is 13.3 Å². The van der Waals surface area contributed by atoms with E-state index in [1.807, 2.05) is 65.8 Å². The highest BCUT2D eigenvalue weighted by Crippen LogP contribution is 2.50. The van der Waals surface area contributed by atoms with Crippen molar-refractivity contribution >= 4 is 69.7 Å². The highest BCUT2D eigenvalue weighted by Gasteiger charge is 2.54. The number of ketones is 4. The van der Waals surface area contributed by atoms with Crippen molar-refractivity contribution in [1.82, 2.24) is 0 Å². The lowest BCUT2D eigenvalue weighted by Gasteiger charge is -2.42. The second-order valence-corrected chi connectivity index (χ2v) is 37.3. The number of hydrogen-bond donors (Lipinski definition) is 0. The maximum absolute atomic E-state index is 14.4. The number of hydrogen-bond acceptors (Lipinski definition) is 22. The summed E-state index contributed by atoms with van der Waals surface area (Å²) in [7, 11) is 0. The van der Waals surface area contributed by atoms with Gasteiger partial charge in [0.1, 0.15) is 67.8 Å². The van der Waals surface area contributed by atoms with E-state index < -0.39 is 92.3 Å². The van der Waals surface area contributed by atoms with Crippen LogP contribution in [0.2, 0.25) is 0 Å². The van der Waals surface area contributed by atoms with Crippen LogP contribution in [0.1, 0.15) is 252 Å². The normalized spacial score (nSPS) is 17.0. The molecule has 0 aliphatic carbocycles. The maximum Gasteiger partial charge on any atom is 0.513 e. The number of carbonyl (C=O) groups excluding carboxylic acids is 8. The third kappa shape index (κ3) is 25.4. The second-order valence-electron chi connectivity index (χ2n) is 37.3. The second kappa shape index (κ2) is 43.1. The molecule has 0 radical (unpaired) electrons. The fourth-order valence-corrected chi connectivity index (χ4v) is 16.4. The summed E-state index contributed by atoms with van der Waals surface area (Å²) in [5, 5.41) is 0. The number of ether oxygens (including phenoxy) is 14. The topological polar surface area (TPSA) is 266 Å². The standard InChI is InChI=1S/C28H33FO6.C28H33FO5.C27H31FO6.C26H29FO5/c1-8-14-32-26(31)34-25-23(24(30)27(4,5)35-28(25,6)7)20-16-19(12-11-18(20)9-2)33-22-13-10-17(3)15-21(22)29;1-8-10-23(30)33-26-24(25(31)27(4,5)34-28(26,6)7)20-16-19(13-12-18(20)9-2)32-22-14-11-17(3)15-21(22)29;1-8-17-11-12-18(32-21-13-10-16(3)14-20(21)28)15-19(17)22-23(29)26(4,5)34-27(6,7)24(22)33-25(30)31-9-2;1-8-17-10-11-18(31-21-12-9-15(2)13-20(21)27)14-19(17)22-23(29)25(4,5)32-26(6,7)24(22)30-16(3)28/h10-13,15-16H,8-9,14H2,1-7H3;11-16H,8-10H2,1-7H3;10-15H,8-9H2,1-7H3;9-14H,8H2,1-7H3. The van der Waals surface area contributed by atoms with Crippen molar-refractivity contribution in [2.75, 3.05) is 13.2 Å². The van der Waals surface area contributed by atoms with Gasteiger partial charge in [0.2, 0.25) is 0 Å². The van der Waals surface area contributed by atoms with E-state index in [0.29, 0.717) is 83.8 Å². The molecule has 22 nitrogen and oxygen atoms in total. The van der Waals surface area contributed by atoms with Crippen LogP contribution in [0.4, 0.5) is 27.2 Å². The number of carbonyl (C=O) groups is 8. The van der Waals surface area contributed by atoms with Gasteiger partial charge in [-0.3, -0.25) is 28.8 Å². The van der Waals surface area contributed by atoms with Crippen molar-refractivity contribution in [2.45, 2.75) is 284 Å². The molecule has 0 unspecified atom stereocenters. The molecule has 0 N–H and O–H groups in total. The Morgan fingerprint density at radius 3 is 0.770 bits per heavy atom. The van der Waals surface area contributed by atoms with Crippen molar-refractivity contribution < 1.29 is 122 Å². The number of esters is 2. The first-order valence-electron chi connectivity index (χ1n) is 45.4. The first kappa shape index (κ1) is 106. The van der Waals surface area contributed by atoms with Crippen LogP contribution < -0.4 is 18.9 Å². The molecule has 0 fully saturated rings. The van der Waals surface area contributed by atoms with Crippen molar-refractivity contribution in [1.29, 1.82) is 0 Å². The molecule has 722 valence electrons. The van der Waals surface area contributed by atoms with Crippen LogP contribution in [-0.2, 0) is 102 Å². The van der Waals surface area contributed by atoms with E-state index in [0.717, 1.165) is 44.5 Å². The van der Waals surface area contributed by atoms with Crippen LogP contribution >= 0.6 is 0 Å². The zero-order valence-corrected chi connectivity index (χ0v) is 82.7. The van der Waals surface area contributed by atoms with Gasteiger partial charge in [-0.05, 0) is 348 Å². The minimum Gasteiger partial charge on any atom is -0.454 e. The van der Waals surface area contributed by atoms with Crippen LogP contribution in [0, 0.1) is 51.0 Å². The number of benzene rings is 8. The Morgan fingerprint density at radius 2 is 0.548 bits per heavy atom. The summed E-state index contributed by atoms with van der Waals surface area (Å²) in [5.41, 5.74) is 0.837. The molecule has 0 saturated carbocycles. The van der Waals surface area contributed by atoms with Crippen LogP contribution in [0.3, 0.4) is 0 Å². The Bertz CT molecular complexity index is 5830. The summed E-state index contributed by atoms with van der Waals surface area (Å²) < 4.78 is 138. The Hall–Kier alpha value is -12.4. The summed E-state index contributed by atoms with van der Waals surface area (Å²) in [5.74, 6) is -2.00. The van der Waals surface area contributed by atoms with Gasteiger partial charge in [-0.1, -0.05) is 90.1 Å². The molecule has 4 heterocycles. The Kier molecular flexibility index (Phi) is 34.0. The van der Waals surface area contributed by atoms with Gasteiger partial charge < -0.3 is 66.3 Å². The molecule has 0 saturated heterocycles. The minimum absolute atomic E-state index is 0.0589. The summed E-state index contributed by atoms with van der Waals surface area (Å²) in [6, 6.07) is 39.8. The van der Waals surface area contributed by atoms with Crippen LogP contribution in [0.5, 0.6) is 46.0 Å². The zero-order valence-electron chi connectivity index (χ0n) is 82.7. The molecule has 26 heteroatoms. The highest BCUT2D eigenvalue weighted by atomic mass is 19.1. The van der Waals surface area contributed by atoms with Gasteiger partial charge in [-0.15, -0.1) is 0 Å². The highest BCUT2D eigenvalue weighted by molar-refractivity contribution is 6.29. The lowest BCUT2D eigenvalue weighted by Crippen LogP contribution is -2.50. The molecule has 12 rings (SSSR count). The number of halogens is 4. The van der Waals surface area contributed by atoms with Crippen molar-refractivity contribution in [3.63, 3.8) is 0 Å². The Balaban J connectivity index is 0.000000202. The molecule has 4 aliphatic heterocycles. The van der Waals surface area contributed by atoms with Gasteiger partial charge in [0.05, 0.1) is 35.5 Å². The van der Waals surface area contributed by atoms with E-state index in [2.05, 4.69) is 0 Å². The van der Waals surface area contributed by atoms with Crippen molar-refractivity contribution in [3.8, 4) is 46.0 Å². The number of Topliss-reactive ketones (excluding diaryl/α,β-unsaturated/α-hetero) is 4. The third-order valence-electron chi connectivity index (χ3n) is 22.4. The Labute approximate surface area is 789 Å². The molecular formula is C109H126F4O22. The van der Waals surface area contributed by atoms with E-state index in [-0.39, 0.29) is 111 Å². The lowest BCUT2D eigenvalue weighted by atomic mass is 9.81. The van der Waals surface area contributed by atoms with E-state index in [9.17, 15) is 55.9 Å². The van der Waals surface area contributed by atoms with E-state index in [1.54, 1.807) is 242 Å². The summed E-state index contributed by atoms with van der Waals surface area (Å²) in [6.07, 6.45) is 2.09. The van der Waals surface area contributed by atoms with Crippen LogP contribution in [0.25, 0.3) is 22.3 Å². The molecule has 0 spiro atoms. The monoisotopic (exact) mass is 1860 g/mol. The van der Waals surface area contributed by atoms with Crippen LogP contribution in [-0.4, -0.2) is 105 Å². The molecule has 0 atom stereocenters. The zero-order chi connectivity index (χ0) is 100. The van der Waals surface area contributed by atoms with E-state index >= 15 is 0 Å². The summed E-state index contributed by atoms with van der Waals surface area (Å²) >= 11 is 0. The first-order valence-corrected chi connectivity index (χ1v) is 45.4. The van der Waals surface area contributed by atoms with Gasteiger partial charge in [0.15, 0.2) is 92.4 Å². The predicted octanol–water partition coefficient (Wildman–Crippen LogP) is 26.1. The largest absolute Gasteiger partial charge is 0.513 e. The molecular weight excluding hydrogens is 1740 g/mol. The first-order chi connectivity index (χ1) is 63.0. The summed E-state index contributed by atoms with van der Waals surface area (Å²) in [6.45, 7) is 49.5. The lowest BCUT2D eigenvalue weighted by molar-refractivity contribution is -0.166. The summed E-state index contributed by atoms with van der Waals surface area (Å²) in [4.78, 5) is 103. The van der Waals surface area contributed by atoms with Gasteiger partial charge in [0.25, 0.3) is 0 Å².